The van der Waals surface area contributed by atoms with Gasteiger partial charge in [0.15, 0.2) is 0 Å². The fourth-order valence-corrected chi connectivity index (χ4v) is 2.24. The van der Waals surface area contributed by atoms with Gasteiger partial charge in [0, 0.05) is 24.7 Å². The Morgan fingerprint density at radius 3 is 2.72 bits per heavy atom. The first-order chi connectivity index (χ1) is 8.50. The maximum Gasteiger partial charge on any atom is 0.236 e. The van der Waals surface area contributed by atoms with Gasteiger partial charge in [0.1, 0.15) is 5.76 Å². The van der Waals surface area contributed by atoms with Gasteiger partial charge in [-0.2, -0.15) is 0 Å². The number of carbonyl (C=O) groups excluding carboxylic acids is 1. The van der Waals surface area contributed by atoms with Gasteiger partial charge < -0.3 is 14.7 Å². The summed E-state index contributed by atoms with van der Waals surface area (Å²) in [4.78, 5) is 13.7. The van der Waals surface area contributed by atoms with Crippen molar-refractivity contribution < 1.29 is 9.32 Å². The molecular weight excluding hydrogens is 230 g/mol. The first-order valence-electron chi connectivity index (χ1n) is 6.42. The summed E-state index contributed by atoms with van der Waals surface area (Å²) in [7, 11) is 1.88. The van der Waals surface area contributed by atoms with Crippen LogP contribution in [0.4, 0.5) is 0 Å². The van der Waals surface area contributed by atoms with E-state index in [0.717, 1.165) is 29.9 Å². The zero-order chi connectivity index (χ0) is 13.3. The lowest BCUT2D eigenvalue weighted by atomic mass is 10.1. The van der Waals surface area contributed by atoms with Crippen molar-refractivity contribution in [1.82, 2.24) is 15.4 Å². The molecule has 0 bridgehead atoms. The largest absolute Gasteiger partial charge is 0.361 e. The van der Waals surface area contributed by atoms with Crippen LogP contribution in [-0.4, -0.2) is 35.6 Å². The molecule has 0 aromatic carbocycles. The second kappa shape index (κ2) is 5.10. The lowest BCUT2D eigenvalue weighted by Crippen LogP contribution is -2.37. The van der Waals surface area contributed by atoms with Gasteiger partial charge in [-0.1, -0.05) is 5.16 Å². The van der Waals surface area contributed by atoms with Crippen LogP contribution in [0.25, 0.3) is 0 Å². The van der Waals surface area contributed by atoms with Gasteiger partial charge in [-0.05, 0) is 33.6 Å². The molecule has 5 heteroatoms. The van der Waals surface area contributed by atoms with Crippen LogP contribution < -0.4 is 5.32 Å². The van der Waals surface area contributed by atoms with E-state index >= 15 is 0 Å². The molecule has 0 aliphatic heterocycles. The predicted octanol–water partition coefficient (Wildman–Crippen LogP) is 1.56. The molecule has 1 saturated carbocycles. The van der Waals surface area contributed by atoms with Crippen LogP contribution in [0.3, 0.4) is 0 Å². The summed E-state index contributed by atoms with van der Waals surface area (Å²) in [6.45, 7) is 6.20. The monoisotopic (exact) mass is 251 g/mol. The summed E-state index contributed by atoms with van der Waals surface area (Å²) in [5.41, 5.74) is 1.94. The van der Waals surface area contributed by atoms with Crippen molar-refractivity contribution in [3.63, 3.8) is 0 Å². The minimum absolute atomic E-state index is 0.0767. The SMILES string of the molecule is Cc1noc(C)c1C(C)NCC(=O)N(C)C1CC1. The highest BCUT2D eigenvalue weighted by Gasteiger charge is 2.29. The quantitative estimate of drug-likeness (QED) is 0.863. The number of aryl methyl sites for hydroxylation is 2. The van der Waals surface area contributed by atoms with Crippen LogP contribution in [0.15, 0.2) is 4.52 Å². The molecule has 0 saturated heterocycles. The molecule has 1 aliphatic rings. The van der Waals surface area contributed by atoms with Crippen LogP contribution in [0.5, 0.6) is 0 Å². The number of rotatable bonds is 5. The molecule has 2 rings (SSSR count). The van der Waals surface area contributed by atoms with Crippen molar-refractivity contribution in [3.05, 3.63) is 17.0 Å². The Morgan fingerprint density at radius 2 is 2.22 bits per heavy atom. The molecule has 0 spiro atoms. The van der Waals surface area contributed by atoms with E-state index in [9.17, 15) is 4.79 Å². The standard InChI is InChI=1S/C13H21N3O2/c1-8(13-9(2)15-18-10(13)3)14-7-12(17)16(4)11-5-6-11/h8,11,14H,5-7H2,1-4H3. The van der Waals surface area contributed by atoms with Gasteiger partial charge in [0.25, 0.3) is 0 Å². The van der Waals surface area contributed by atoms with Gasteiger partial charge in [0.2, 0.25) is 5.91 Å². The molecule has 1 aromatic rings. The zero-order valence-corrected chi connectivity index (χ0v) is 11.5. The maximum absolute atomic E-state index is 11.9. The Labute approximate surface area is 108 Å². The number of likely N-dealkylation sites (N-methyl/N-ethyl adjacent to an activating group) is 1. The van der Waals surface area contributed by atoms with E-state index in [1.54, 1.807) is 0 Å². The van der Waals surface area contributed by atoms with Crippen molar-refractivity contribution in [2.45, 2.75) is 45.7 Å². The third-order valence-electron chi connectivity index (χ3n) is 3.57. The highest BCUT2D eigenvalue weighted by atomic mass is 16.5. The number of nitrogens with one attached hydrogen (secondary N) is 1. The van der Waals surface area contributed by atoms with E-state index in [-0.39, 0.29) is 11.9 Å². The van der Waals surface area contributed by atoms with Crippen molar-refractivity contribution >= 4 is 5.91 Å². The molecule has 1 aromatic heterocycles. The highest BCUT2D eigenvalue weighted by Crippen LogP contribution is 2.25. The van der Waals surface area contributed by atoms with Crippen LogP contribution >= 0.6 is 0 Å². The van der Waals surface area contributed by atoms with Crippen LogP contribution in [0.2, 0.25) is 0 Å². The minimum Gasteiger partial charge on any atom is -0.361 e. The average Bonchev–Trinajstić information content (AvgIpc) is 3.12. The van der Waals surface area contributed by atoms with Crippen molar-refractivity contribution in [2.24, 2.45) is 0 Å². The maximum atomic E-state index is 11.9. The zero-order valence-electron chi connectivity index (χ0n) is 11.5. The van der Waals surface area contributed by atoms with Crippen molar-refractivity contribution in [2.75, 3.05) is 13.6 Å². The third kappa shape index (κ3) is 2.72. The van der Waals surface area contributed by atoms with E-state index in [4.69, 9.17) is 4.52 Å². The smallest absolute Gasteiger partial charge is 0.236 e. The molecule has 1 N–H and O–H groups in total. The summed E-state index contributed by atoms with van der Waals surface area (Å²) in [5, 5.41) is 7.17. The lowest BCUT2D eigenvalue weighted by molar-refractivity contribution is -0.129. The van der Waals surface area contributed by atoms with Crippen molar-refractivity contribution in [3.8, 4) is 0 Å². The lowest BCUT2D eigenvalue weighted by Gasteiger charge is -2.19. The Bertz CT molecular complexity index is 418. The Kier molecular flexibility index (Phi) is 3.71. The van der Waals surface area contributed by atoms with Crippen LogP contribution in [0, 0.1) is 13.8 Å². The fraction of sp³-hybridized carbons (Fsp3) is 0.692. The Hall–Kier alpha value is -1.36. The Balaban J connectivity index is 1.88. The number of carbonyl (C=O) groups is 1. The van der Waals surface area contributed by atoms with Crippen molar-refractivity contribution in [1.29, 1.82) is 0 Å². The molecule has 1 unspecified atom stereocenters. The summed E-state index contributed by atoms with van der Waals surface area (Å²) >= 11 is 0. The van der Waals surface area contributed by atoms with E-state index in [1.807, 2.05) is 32.7 Å². The van der Waals surface area contributed by atoms with E-state index in [2.05, 4.69) is 10.5 Å². The minimum atomic E-state index is 0.0767. The van der Waals surface area contributed by atoms with Gasteiger partial charge >= 0.3 is 0 Å². The fourth-order valence-electron chi connectivity index (χ4n) is 2.24. The molecule has 1 aliphatic carbocycles. The second-order valence-electron chi connectivity index (χ2n) is 5.08. The number of hydrogen-bond acceptors (Lipinski definition) is 4. The molecular formula is C13H21N3O2. The first kappa shape index (κ1) is 13.1. The summed E-state index contributed by atoms with van der Waals surface area (Å²) in [6.07, 6.45) is 2.28. The molecule has 1 fully saturated rings. The van der Waals surface area contributed by atoms with E-state index < -0.39 is 0 Å². The summed E-state index contributed by atoms with van der Waals surface area (Å²) in [5.74, 6) is 0.964. The number of aromatic nitrogens is 1. The molecule has 100 valence electrons. The molecule has 0 radical (unpaired) electrons. The van der Waals surface area contributed by atoms with E-state index in [0.29, 0.717) is 12.6 Å². The van der Waals surface area contributed by atoms with E-state index in [1.165, 1.54) is 0 Å². The molecule has 5 nitrogen and oxygen atoms in total. The predicted molar refractivity (Wildman–Crippen MR) is 68.2 cm³/mol. The highest BCUT2D eigenvalue weighted by molar-refractivity contribution is 5.78. The second-order valence-corrected chi connectivity index (χ2v) is 5.08. The van der Waals surface area contributed by atoms with Crippen LogP contribution in [-0.2, 0) is 4.79 Å². The normalized spacial score (nSPS) is 16.7. The molecule has 1 atom stereocenters. The number of hydrogen-bond donors (Lipinski definition) is 1. The first-order valence-corrected chi connectivity index (χ1v) is 6.42. The van der Waals surface area contributed by atoms with Gasteiger partial charge in [0.05, 0.1) is 12.2 Å². The number of nitrogens with zero attached hydrogens (tertiary/aromatic N) is 2. The summed E-state index contributed by atoms with van der Waals surface area (Å²) in [6, 6.07) is 0.543. The number of amides is 1. The topological polar surface area (TPSA) is 58.4 Å². The van der Waals surface area contributed by atoms with Crippen LogP contribution in [0.1, 0.15) is 42.8 Å². The molecule has 1 heterocycles. The van der Waals surface area contributed by atoms with Gasteiger partial charge in [-0.15, -0.1) is 0 Å². The summed E-state index contributed by atoms with van der Waals surface area (Å²) < 4.78 is 5.13. The molecule has 1 amide bonds. The van der Waals surface area contributed by atoms with Gasteiger partial charge in [-0.25, -0.2) is 0 Å². The average molecular weight is 251 g/mol. The van der Waals surface area contributed by atoms with Gasteiger partial charge in [-0.3, -0.25) is 4.79 Å². The third-order valence-corrected chi connectivity index (χ3v) is 3.57. The molecule has 18 heavy (non-hydrogen) atoms. The Morgan fingerprint density at radius 1 is 1.56 bits per heavy atom.